The monoisotopic (exact) mass is 304 g/mol. The van der Waals surface area contributed by atoms with E-state index in [0.717, 1.165) is 22.9 Å². The van der Waals surface area contributed by atoms with E-state index < -0.39 is 11.2 Å². The van der Waals surface area contributed by atoms with Crippen molar-refractivity contribution < 1.29 is 14.7 Å². The molecule has 0 radical (unpaired) electrons. The number of aryl methyl sites for hydroxylation is 1. The maximum absolute atomic E-state index is 11.5. The van der Waals surface area contributed by atoms with Gasteiger partial charge >= 0.3 is 0 Å². The maximum atomic E-state index is 11.5. The van der Waals surface area contributed by atoms with Gasteiger partial charge < -0.3 is 15.2 Å². The standard InChI is InChI=1S/C14H15N3O3S/c1-8-3-5-10(6-4-8)9(2)16-17-14-15-13(20)11(21-14)7-12(18)19/h3-6,11H,7H2,1-2H3,(H,18,19)(H,15,17,20)/p-1/b16-9-/t11-/m0/s1. The van der Waals surface area contributed by atoms with Crippen molar-refractivity contribution in [3.8, 4) is 0 Å². The predicted molar refractivity (Wildman–Crippen MR) is 80.0 cm³/mol. The predicted octanol–water partition coefficient (Wildman–Crippen LogP) is 0.447. The Bertz CT molecular complexity index is 623. The van der Waals surface area contributed by atoms with Gasteiger partial charge in [0, 0.05) is 12.4 Å². The molecule has 1 fully saturated rings. The number of carbonyl (C=O) groups excluding carboxylic acids is 2. The van der Waals surface area contributed by atoms with E-state index in [1.807, 2.05) is 38.1 Å². The lowest BCUT2D eigenvalue weighted by atomic mass is 10.1. The summed E-state index contributed by atoms with van der Waals surface area (Å²) in [6.45, 7) is 3.81. The summed E-state index contributed by atoms with van der Waals surface area (Å²) in [6.07, 6.45) is -0.337. The highest BCUT2D eigenvalue weighted by Crippen LogP contribution is 2.22. The SMILES string of the molecule is C/C(=N/N=C1\NC(=O)[C@H](CC(=O)[O-])S1)c1ccc(C)cc1. The van der Waals surface area contributed by atoms with Crippen LogP contribution < -0.4 is 10.4 Å². The second-order valence-electron chi connectivity index (χ2n) is 4.63. The third-order valence-electron chi connectivity index (χ3n) is 2.89. The Morgan fingerprint density at radius 3 is 2.67 bits per heavy atom. The Morgan fingerprint density at radius 1 is 1.38 bits per heavy atom. The van der Waals surface area contributed by atoms with Gasteiger partial charge in [0.1, 0.15) is 0 Å². The van der Waals surface area contributed by atoms with Gasteiger partial charge in [-0.1, -0.05) is 41.6 Å². The quantitative estimate of drug-likeness (QED) is 0.645. The van der Waals surface area contributed by atoms with Gasteiger partial charge in [-0.25, -0.2) is 0 Å². The van der Waals surface area contributed by atoms with E-state index in [9.17, 15) is 14.7 Å². The summed E-state index contributed by atoms with van der Waals surface area (Å²) in [6, 6.07) is 7.83. The van der Waals surface area contributed by atoms with Crippen LogP contribution in [0.5, 0.6) is 0 Å². The van der Waals surface area contributed by atoms with Crippen LogP contribution in [-0.4, -0.2) is 28.0 Å². The molecule has 1 saturated heterocycles. The average Bonchev–Trinajstić information content (AvgIpc) is 2.77. The van der Waals surface area contributed by atoms with E-state index in [-0.39, 0.29) is 12.3 Å². The second kappa shape index (κ2) is 6.53. The van der Waals surface area contributed by atoms with Gasteiger partial charge in [0.2, 0.25) is 5.91 Å². The number of aliphatic carboxylic acids is 1. The number of carboxylic acid groups (broad SMARTS) is 1. The maximum Gasteiger partial charge on any atom is 0.239 e. The molecule has 0 unspecified atom stereocenters. The summed E-state index contributed by atoms with van der Waals surface area (Å²) in [5.41, 5.74) is 2.80. The zero-order valence-electron chi connectivity index (χ0n) is 11.6. The molecule has 7 heteroatoms. The first-order valence-corrected chi connectivity index (χ1v) is 7.20. The fourth-order valence-electron chi connectivity index (χ4n) is 1.71. The molecule has 0 aliphatic carbocycles. The van der Waals surface area contributed by atoms with Crippen LogP contribution in [0.25, 0.3) is 0 Å². The Labute approximate surface area is 126 Å². The van der Waals surface area contributed by atoms with E-state index in [1.165, 1.54) is 0 Å². The van der Waals surface area contributed by atoms with Crippen LogP contribution in [0.3, 0.4) is 0 Å². The van der Waals surface area contributed by atoms with Crippen molar-refractivity contribution in [2.75, 3.05) is 0 Å². The summed E-state index contributed by atoms with van der Waals surface area (Å²) in [5, 5.41) is 20.6. The van der Waals surface area contributed by atoms with Crippen LogP contribution in [0.1, 0.15) is 24.5 Å². The molecule has 0 bridgehead atoms. The van der Waals surface area contributed by atoms with Crippen LogP contribution in [0.15, 0.2) is 34.5 Å². The van der Waals surface area contributed by atoms with Gasteiger partial charge in [0.25, 0.3) is 0 Å². The lowest BCUT2D eigenvalue weighted by Crippen LogP contribution is -2.31. The van der Waals surface area contributed by atoms with Gasteiger partial charge in [-0.3, -0.25) is 4.79 Å². The van der Waals surface area contributed by atoms with E-state index in [1.54, 1.807) is 0 Å². The van der Waals surface area contributed by atoms with Crippen LogP contribution in [0.2, 0.25) is 0 Å². The summed E-state index contributed by atoms with van der Waals surface area (Å²) in [7, 11) is 0. The number of thioether (sulfide) groups is 1. The smallest absolute Gasteiger partial charge is 0.239 e. The third kappa shape index (κ3) is 4.16. The van der Waals surface area contributed by atoms with E-state index in [4.69, 9.17) is 0 Å². The minimum absolute atomic E-state index is 0.303. The Morgan fingerprint density at radius 2 is 2.05 bits per heavy atom. The first-order valence-electron chi connectivity index (χ1n) is 6.32. The van der Waals surface area contributed by atoms with Gasteiger partial charge in [-0.2, -0.15) is 5.10 Å². The molecule has 1 heterocycles. The third-order valence-corrected chi connectivity index (χ3v) is 3.96. The van der Waals surface area contributed by atoms with Crippen LogP contribution in [-0.2, 0) is 9.59 Å². The van der Waals surface area contributed by atoms with Crippen molar-refractivity contribution in [3.05, 3.63) is 35.4 Å². The Kier molecular flexibility index (Phi) is 4.74. The molecule has 1 aromatic rings. The van der Waals surface area contributed by atoms with Crippen LogP contribution >= 0.6 is 11.8 Å². The van der Waals surface area contributed by atoms with Gasteiger partial charge in [0.15, 0.2) is 5.17 Å². The van der Waals surface area contributed by atoms with E-state index >= 15 is 0 Å². The lowest BCUT2D eigenvalue weighted by Gasteiger charge is -2.04. The number of benzene rings is 1. The Balaban J connectivity index is 2.07. The first-order chi connectivity index (χ1) is 9.95. The number of amides is 1. The van der Waals surface area contributed by atoms with Crippen molar-refractivity contribution in [2.45, 2.75) is 25.5 Å². The van der Waals surface area contributed by atoms with Gasteiger partial charge in [-0.15, -0.1) is 5.10 Å². The molecule has 1 atom stereocenters. The minimum Gasteiger partial charge on any atom is -0.550 e. The molecule has 0 spiro atoms. The summed E-state index contributed by atoms with van der Waals surface area (Å²) < 4.78 is 0. The van der Waals surface area contributed by atoms with Gasteiger partial charge in [0.05, 0.1) is 11.0 Å². The summed E-state index contributed by atoms with van der Waals surface area (Å²) in [5.74, 6) is -1.64. The number of hydrogen-bond acceptors (Lipinski definition) is 6. The molecule has 1 aliphatic heterocycles. The Hall–Kier alpha value is -2.15. The number of amidine groups is 1. The van der Waals surface area contributed by atoms with Crippen molar-refractivity contribution in [2.24, 2.45) is 10.2 Å². The second-order valence-corrected chi connectivity index (χ2v) is 5.82. The van der Waals surface area contributed by atoms with Crippen LogP contribution in [0.4, 0.5) is 0 Å². The highest BCUT2D eigenvalue weighted by molar-refractivity contribution is 8.15. The molecule has 1 aliphatic rings. The number of nitrogens with zero attached hydrogens (tertiary/aromatic N) is 2. The number of hydrogen-bond donors (Lipinski definition) is 1. The zero-order chi connectivity index (χ0) is 15.4. The number of carboxylic acids is 1. The summed E-state index contributed by atoms with van der Waals surface area (Å²) in [4.78, 5) is 22.0. The number of carbonyl (C=O) groups is 2. The first kappa shape index (κ1) is 15.2. The number of rotatable bonds is 4. The molecule has 21 heavy (non-hydrogen) atoms. The molecule has 1 amide bonds. The fraction of sp³-hybridized carbons (Fsp3) is 0.286. The normalized spacial score (nSPS) is 20.7. The highest BCUT2D eigenvalue weighted by atomic mass is 32.2. The molecule has 110 valence electrons. The number of nitrogens with one attached hydrogen (secondary N) is 1. The van der Waals surface area contributed by atoms with Crippen molar-refractivity contribution in [1.82, 2.24) is 5.32 Å². The van der Waals surface area contributed by atoms with Crippen molar-refractivity contribution in [3.63, 3.8) is 0 Å². The topological polar surface area (TPSA) is 94.0 Å². The molecule has 2 rings (SSSR count). The minimum atomic E-state index is -1.26. The lowest BCUT2D eigenvalue weighted by molar-refractivity contribution is -0.305. The highest BCUT2D eigenvalue weighted by Gasteiger charge is 2.30. The molecule has 1 aromatic carbocycles. The van der Waals surface area contributed by atoms with Crippen molar-refractivity contribution >= 4 is 34.5 Å². The van der Waals surface area contributed by atoms with E-state index in [2.05, 4.69) is 15.5 Å². The average molecular weight is 304 g/mol. The zero-order valence-corrected chi connectivity index (χ0v) is 12.4. The largest absolute Gasteiger partial charge is 0.550 e. The molecular formula is C14H14N3O3S-. The van der Waals surface area contributed by atoms with Crippen LogP contribution in [0, 0.1) is 6.92 Å². The van der Waals surface area contributed by atoms with Crippen molar-refractivity contribution in [1.29, 1.82) is 0 Å². The molecule has 1 N–H and O–H groups in total. The van der Waals surface area contributed by atoms with E-state index in [0.29, 0.717) is 10.9 Å². The fourth-order valence-corrected chi connectivity index (χ4v) is 2.61. The summed E-state index contributed by atoms with van der Waals surface area (Å²) >= 11 is 1.05. The molecular weight excluding hydrogens is 290 g/mol. The molecule has 0 aromatic heterocycles. The van der Waals surface area contributed by atoms with Gasteiger partial charge in [-0.05, 0) is 19.4 Å². The molecule has 0 saturated carbocycles. The molecule has 6 nitrogen and oxygen atoms in total.